The van der Waals surface area contributed by atoms with Crippen LogP contribution in [0.25, 0.3) is 11.4 Å². The fourth-order valence-corrected chi connectivity index (χ4v) is 2.54. The molecule has 2 rings (SSSR count). The van der Waals surface area contributed by atoms with E-state index < -0.39 is 11.2 Å². The highest BCUT2D eigenvalue weighted by molar-refractivity contribution is 8.00. The summed E-state index contributed by atoms with van der Waals surface area (Å²) in [6.45, 7) is 5.77. The highest BCUT2D eigenvalue weighted by Gasteiger charge is 2.20. The first-order chi connectivity index (χ1) is 10.0. The van der Waals surface area contributed by atoms with E-state index in [2.05, 4.69) is 16.8 Å². The maximum Gasteiger partial charge on any atom is 0.230 e. The minimum Gasteiger partial charge on any atom is -0.369 e. The Morgan fingerprint density at radius 2 is 2.24 bits per heavy atom. The molecule has 1 atom stereocenters. The van der Waals surface area contributed by atoms with Crippen molar-refractivity contribution in [2.24, 2.45) is 5.73 Å². The van der Waals surface area contributed by atoms with Crippen molar-refractivity contribution in [1.82, 2.24) is 14.8 Å². The van der Waals surface area contributed by atoms with Crippen molar-refractivity contribution in [3.63, 3.8) is 0 Å². The molecule has 0 fully saturated rings. The molecular weight excluding hydrogens is 291 g/mol. The zero-order valence-corrected chi connectivity index (χ0v) is 12.3. The van der Waals surface area contributed by atoms with Gasteiger partial charge in [0, 0.05) is 6.54 Å². The van der Waals surface area contributed by atoms with Gasteiger partial charge in [-0.15, -0.1) is 16.8 Å². The quantitative estimate of drug-likeness (QED) is 0.656. The molecule has 0 aliphatic rings. The molecule has 21 heavy (non-hydrogen) atoms. The summed E-state index contributed by atoms with van der Waals surface area (Å²) in [6, 6.07) is 6.33. The molecule has 1 heterocycles. The Kier molecular flexibility index (Phi) is 4.74. The van der Waals surface area contributed by atoms with Crippen LogP contribution in [0, 0.1) is 5.82 Å². The number of amides is 1. The van der Waals surface area contributed by atoms with Crippen LogP contribution in [0.2, 0.25) is 0 Å². The minimum absolute atomic E-state index is 0.352. The van der Waals surface area contributed by atoms with Crippen LogP contribution in [-0.2, 0) is 11.3 Å². The first-order valence-electron chi connectivity index (χ1n) is 6.29. The lowest BCUT2D eigenvalue weighted by molar-refractivity contribution is -0.117. The normalized spacial score (nSPS) is 12.1. The molecule has 0 aliphatic carbocycles. The summed E-state index contributed by atoms with van der Waals surface area (Å²) in [5.41, 5.74) is 5.60. The predicted molar refractivity (Wildman–Crippen MR) is 80.1 cm³/mol. The molecule has 0 saturated carbocycles. The number of hydrogen-bond acceptors (Lipinski definition) is 4. The van der Waals surface area contributed by atoms with Gasteiger partial charge in [-0.1, -0.05) is 30.0 Å². The third-order valence-corrected chi connectivity index (χ3v) is 3.92. The Morgan fingerprint density at radius 1 is 1.52 bits per heavy atom. The summed E-state index contributed by atoms with van der Waals surface area (Å²) in [7, 11) is 0. The average Bonchev–Trinajstić information content (AvgIpc) is 2.83. The topological polar surface area (TPSA) is 73.8 Å². The molecule has 0 radical (unpaired) electrons. The van der Waals surface area contributed by atoms with Gasteiger partial charge in [-0.25, -0.2) is 4.39 Å². The molecule has 1 aromatic heterocycles. The summed E-state index contributed by atoms with van der Waals surface area (Å²) in [4.78, 5) is 11.2. The largest absolute Gasteiger partial charge is 0.369 e. The lowest BCUT2D eigenvalue weighted by Gasteiger charge is -2.10. The Morgan fingerprint density at radius 3 is 2.86 bits per heavy atom. The Bertz CT molecular complexity index is 671. The van der Waals surface area contributed by atoms with E-state index in [-0.39, 0.29) is 5.82 Å². The van der Waals surface area contributed by atoms with E-state index in [4.69, 9.17) is 5.73 Å². The first-order valence-corrected chi connectivity index (χ1v) is 7.17. The van der Waals surface area contributed by atoms with E-state index in [0.29, 0.717) is 23.1 Å². The van der Waals surface area contributed by atoms with E-state index >= 15 is 0 Å². The minimum atomic E-state index is -0.453. The van der Waals surface area contributed by atoms with Gasteiger partial charge in [-0.2, -0.15) is 0 Å². The zero-order valence-electron chi connectivity index (χ0n) is 11.5. The molecule has 1 amide bonds. The number of benzene rings is 1. The number of carbonyl (C=O) groups excluding carboxylic acids is 1. The fraction of sp³-hybridized carbons (Fsp3) is 0.214. The van der Waals surface area contributed by atoms with Crippen LogP contribution in [0.3, 0.4) is 0 Å². The number of nitrogens with zero attached hydrogens (tertiary/aromatic N) is 3. The van der Waals surface area contributed by atoms with Crippen LogP contribution in [0.4, 0.5) is 4.39 Å². The molecule has 2 N–H and O–H groups in total. The predicted octanol–water partition coefficient (Wildman–Crippen LogP) is 2.24. The standard InChI is InChI=1S/C14H15FN4OS/c1-3-8-19-13(10-6-4-5-7-11(10)15)17-18-14(19)21-9(2)12(16)20/h3-7,9H,1,8H2,2H3,(H2,16,20). The van der Waals surface area contributed by atoms with Crippen LogP contribution >= 0.6 is 11.8 Å². The number of halogens is 1. The maximum atomic E-state index is 13.9. The molecular formula is C14H15FN4OS. The molecule has 2 aromatic rings. The molecule has 0 saturated heterocycles. The lowest BCUT2D eigenvalue weighted by atomic mass is 10.2. The lowest BCUT2D eigenvalue weighted by Crippen LogP contribution is -2.23. The number of allylic oxidation sites excluding steroid dienone is 1. The summed E-state index contributed by atoms with van der Waals surface area (Å²) in [6.07, 6.45) is 1.66. The van der Waals surface area contributed by atoms with E-state index in [1.54, 1.807) is 35.8 Å². The number of thioether (sulfide) groups is 1. The number of hydrogen-bond donors (Lipinski definition) is 1. The fourth-order valence-electron chi connectivity index (χ4n) is 1.73. The van der Waals surface area contributed by atoms with E-state index in [1.807, 2.05) is 0 Å². The van der Waals surface area contributed by atoms with Gasteiger partial charge in [-0.3, -0.25) is 9.36 Å². The van der Waals surface area contributed by atoms with E-state index in [0.717, 1.165) is 0 Å². The molecule has 0 aliphatic heterocycles. The average molecular weight is 306 g/mol. The Labute approximate surface area is 126 Å². The molecule has 7 heteroatoms. The molecule has 1 unspecified atom stereocenters. The van der Waals surface area contributed by atoms with Gasteiger partial charge in [0.1, 0.15) is 5.82 Å². The molecule has 1 aromatic carbocycles. The van der Waals surface area contributed by atoms with Crippen LogP contribution < -0.4 is 5.73 Å². The Hall–Kier alpha value is -2.15. The second-order valence-corrected chi connectivity index (χ2v) is 5.66. The number of aromatic nitrogens is 3. The van der Waals surface area contributed by atoms with Crippen molar-refractivity contribution in [2.75, 3.05) is 0 Å². The number of primary amides is 1. The molecule has 5 nitrogen and oxygen atoms in total. The van der Waals surface area contributed by atoms with Gasteiger partial charge in [-0.05, 0) is 19.1 Å². The highest BCUT2D eigenvalue weighted by atomic mass is 32.2. The summed E-state index contributed by atoms with van der Waals surface area (Å²) >= 11 is 1.18. The second kappa shape index (κ2) is 6.53. The molecule has 110 valence electrons. The van der Waals surface area contributed by atoms with E-state index in [1.165, 1.54) is 17.8 Å². The van der Waals surface area contributed by atoms with Crippen LogP contribution in [0.5, 0.6) is 0 Å². The van der Waals surface area contributed by atoms with Gasteiger partial charge in [0.2, 0.25) is 5.91 Å². The third kappa shape index (κ3) is 3.30. The monoisotopic (exact) mass is 306 g/mol. The van der Waals surface area contributed by atoms with Crippen molar-refractivity contribution in [1.29, 1.82) is 0 Å². The number of rotatable bonds is 6. The number of carbonyl (C=O) groups is 1. The second-order valence-electron chi connectivity index (χ2n) is 4.35. The van der Waals surface area contributed by atoms with Gasteiger partial charge < -0.3 is 5.73 Å². The summed E-state index contributed by atoms with van der Waals surface area (Å²) in [5.74, 6) is -0.428. The van der Waals surface area contributed by atoms with Crippen molar-refractivity contribution < 1.29 is 9.18 Å². The SMILES string of the molecule is C=CCn1c(SC(C)C(N)=O)nnc1-c1ccccc1F. The van der Waals surface area contributed by atoms with Crippen LogP contribution in [0.1, 0.15) is 6.92 Å². The van der Waals surface area contributed by atoms with E-state index in [9.17, 15) is 9.18 Å². The molecule has 0 bridgehead atoms. The maximum absolute atomic E-state index is 13.9. The van der Waals surface area contributed by atoms with Gasteiger partial charge >= 0.3 is 0 Å². The first kappa shape index (κ1) is 15.2. The van der Waals surface area contributed by atoms with Crippen molar-refractivity contribution in [3.8, 4) is 11.4 Å². The van der Waals surface area contributed by atoms with Crippen molar-refractivity contribution in [2.45, 2.75) is 23.9 Å². The van der Waals surface area contributed by atoms with Crippen molar-refractivity contribution >= 4 is 17.7 Å². The van der Waals surface area contributed by atoms with Crippen molar-refractivity contribution in [3.05, 3.63) is 42.7 Å². The van der Waals surface area contributed by atoms with Gasteiger partial charge in [0.25, 0.3) is 0 Å². The summed E-state index contributed by atoms with van der Waals surface area (Å²) < 4.78 is 15.6. The third-order valence-electron chi connectivity index (χ3n) is 2.83. The van der Waals surface area contributed by atoms with Crippen LogP contribution in [-0.4, -0.2) is 25.9 Å². The summed E-state index contributed by atoms with van der Waals surface area (Å²) in [5, 5.41) is 8.11. The Balaban J connectivity index is 2.44. The van der Waals surface area contributed by atoms with Gasteiger partial charge in [0.05, 0.1) is 10.8 Å². The zero-order chi connectivity index (χ0) is 15.4. The van der Waals surface area contributed by atoms with Gasteiger partial charge in [0.15, 0.2) is 11.0 Å². The van der Waals surface area contributed by atoms with Crippen LogP contribution in [0.15, 0.2) is 42.1 Å². The smallest absolute Gasteiger partial charge is 0.230 e. The molecule has 0 spiro atoms. The highest BCUT2D eigenvalue weighted by Crippen LogP contribution is 2.27. The number of nitrogens with two attached hydrogens (primary N) is 1.